The molecule has 5 nitrogen and oxygen atoms in total. The summed E-state index contributed by atoms with van der Waals surface area (Å²) >= 11 is 1.94. The van der Waals surface area contributed by atoms with Gasteiger partial charge in [-0.05, 0) is 13.8 Å². The lowest BCUT2D eigenvalue weighted by molar-refractivity contribution is -0.139. The third-order valence-corrected chi connectivity index (χ3v) is 4.91. The van der Waals surface area contributed by atoms with Crippen LogP contribution in [0.5, 0.6) is 0 Å². The van der Waals surface area contributed by atoms with Gasteiger partial charge in [0, 0.05) is 16.4 Å². The summed E-state index contributed by atoms with van der Waals surface area (Å²) in [5.41, 5.74) is 5.01. The van der Waals surface area contributed by atoms with Crippen molar-refractivity contribution in [1.29, 1.82) is 0 Å². The average Bonchev–Trinajstić information content (AvgIpc) is 2.26. The number of nitrogens with two attached hydrogens (primary N) is 1. The van der Waals surface area contributed by atoms with Gasteiger partial charge in [0.1, 0.15) is 0 Å². The molecule has 20 heavy (non-hydrogen) atoms. The van der Waals surface area contributed by atoms with Gasteiger partial charge >= 0.3 is 5.97 Å². The number of nitrogens with one attached hydrogen (secondary N) is 1. The summed E-state index contributed by atoms with van der Waals surface area (Å²) in [6, 6.07) is -1.02. The topological polar surface area (TPSA) is 92.4 Å². The number of rotatable bonds is 6. The van der Waals surface area contributed by atoms with E-state index in [0.717, 1.165) is 0 Å². The van der Waals surface area contributed by atoms with Crippen molar-refractivity contribution in [2.24, 2.45) is 11.7 Å². The van der Waals surface area contributed by atoms with E-state index in [2.05, 4.69) is 25.2 Å². The van der Waals surface area contributed by atoms with Crippen LogP contribution in [0.1, 0.15) is 34.1 Å². The Labute approximate surface area is 124 Å². The number of carboxylic acids is 1. The number of allylic oxidation sites excluding steroid dienone is 1. The summed E-state index contributed by atoms with van der Waals surface area (Å²) in [7, 11) is 0. The number of hydrogen-bond acceptors (Lipinski definition) is 4. The van der Waals surface area contributed by atoms with Crippen LogP contribution in [-0.2, 0) is 9.59 Å². The van der Waals surface area contributed by atoms with Crippen LogP contribution in [0.4, 0.5) is 0 Å². The maximum absolute atomic E-state index is 11.8. The highest BCUT2D eigenvalue weighted by Crippen LogP contribution is 2.42. The zero-order chi connectivity index (χ0) is 15.5. The van der Waals surface area contributed by atoms with Gasteiger partial charge in [0.05, 0.1) is 18.0 Å². The smallest absolute Gasteiger partial charge is 0.305 e. The fourth-order valence-corrected chi connectivity index (χ4v) is 3.63. The molecule has 0 aromatic heterocycles. The largest absolute Gasteiger partial charge is 0.481 e. The highest BCUT2D eigenvalue weighted by atomic mass is 32.2. The van der Waals surface area contributed by atoms with Gasteiger partial charge in [-0.3, -0.25) is 9.59 Å². The fourth-order valence-electron chi connectivity index (χ4n) is 2.21. The minimum Gasteiger partial charge on any atom is -0.481 e. The minimum absolute atomic E-state index is 0.362. The molecule has 1 aliphatic rings. The van der Waals surface area contributed by atoms with Gasteiger partial charge in [0.15, 0.2) is 0 Å². The monoisotopic (exact) mass is 300 g/mol. The molecule has 1 fully saturated rings. The lowest BCUT2D eigenvalue weighted by atomic mass is 9.95. The third kappa shape index (κ3) is 4.83. The van der Waals surface area contributed by atoms with E-state index in [-0.39, 0.29) is 6.42 Å². The molecule has 0 aliphatic carbocycles. The Hall–Kier alpha value is -1.01. The van der Waals surface area contributed by atoms with Crippen LogP contribution < -0.4 is 11.1 Å². The maximum Gasteiger partial charge on any atom is 0.305 e. The molecule has 0 aromatic carbocycles. The molecule has 0 saturated carbocycles. The lowest BCUT2D eigenvalue weighted by Gasteiger charge is -2.39. The summed E-state index contributed by atoms with van der Waals surface area (Å²) < 4.78 is 0. The molecule has 114 valence electrons. The van der Waals surface area contributed by atoms with Crippen molar-refractivity contribution >= 4 is 23.6 Å². The van der Waals surface area contributed by atoms with Crippen molar-refractivity contribution in [3.05, 3.63) is 12.2 Å². The predicted molar refractivity (Wildman–Crippen MR) is 81.6 cm³/mol. The van der Waals surface area contributed by atoms with E-state index in [4.69, 9.17) is 10.8 Å². The fraction of sp³-hybridized carbons (Fsp3) is 0.714. The van der Waals surface area contributed by atoms with E-state index in [1.165, 1.54) is 0 Å². The first kappa shape index (κ1) is 17.0. The standard InChI is InChI=1S/C14H24N2O3S/c1-8-10(9(2)20-8)5-6-14(3,4)16-13(19)11(15)7-12(17)18/h5-6,8-11H,7,15H2,1-4H3,(H,16,19)(H,17,18)/t8-,9-,11+/m1/s1. The van der Waals surface area contributed by atoms with Crippen LogP contribution in [0.25, 0.3) is 0 Å². The van der Waals surface area contributed by atoms with Gasteiger partial charge in [-0.15, -0.1) is 0 Å². The molecular formula is C14H24N2O3S. The number of aliphatic carboxylic acids is 1. The molecule has 1 rings (SSSR count). The molecule has 0 bridgehead atoms. The number of thioether (sulfide) groups is 1. The Bertz CT molecular complexity index is 401. The van der Waals surface area contributed by atoms with Crippen molar-refractivity contribution in [3.63, 3.8) is 0 Å². The van der Waals surface area contributed by atoms with Crippen LogP contribution in [0.2, 0.25) is 0 Å². The first-order valence-electron chi connectivity index (χ1n) is 6.76. The van der Waals surface area contributed by atoms with Crippen molar-refractivity contribution in [2.75, 3.05) is 0 Å². The molecule has 6 heteroatoms. The first-order chi connectivity index (χ1) is 9.12. The maximum atomic E-state index is 11.8. The Morgan fingerprint density at radius 1 is 1.40 bits per heavy atom. The lowest BCUT2D eigenvalue weighted by Crippen LogP contribution is -2.50. The van der Waals surface area contributed by atoms with E-state index >= 15 is 0 Å². The Balaban J connectivity index is 2.54. The van der Waals surface area contributed by atoms with Gasteiger partial charge in [-0.2, -0.15) is 11.8 Å². The number of carbonyl (C=O) groups is 2. The number of hydrogen-bond donors (Lipinski definition) is 3. The zero-order valence-corrected chi connectivity index (χ0v) is 13.2. The molecule has 3 atom stereocenters. The highest BCUT2D eigenvalue weighted by molar-refractivity contribution is 8.01. The molecule has 0 spiro atoms. The molecule has 0 aromatic rings. The SMILES string of the molecule is C[C@H]1S[C@H](C)C1C=CC(C)(C)NC(=O)[C@@H](N)CC(=O)O. The quantitative estimate of drug-likeness (QED) is 0.644. The molecule has 1 saturated heterocycles. The minimum atomic E-state index is -1.07. The van der Waals surface area contributed by atoms with Crippen LogP contribution in [0.3, 0.4) is 0 Å². The van der Waals surface area contributed by atoms with E-state index in [1.54, 1.807) is 0 Å². The number of carboxylic acid groups (broad SMARTS) is 1. The second kappa shape index (κ2) is 6.63. The van der Waals surface area contributed by atoms with Crippen LogP contribution in [-0.4, -0.2) is 39.1 Å². The predicted octanol–water partition coefficient (Wildman–Crippen LogP) is 1.38. The third-order valence-electron chi connectivity index (χ3n) is 3.43. The van der Waals surface area contributed by atoms with E-state index in [9.17, 15) is 9.59 Å². The number of amides is 1. The molecule has 1 aliphatic heterocycles. The van der Waals surface area contributed by atoms with Gasteiger partial charge in [-0.1, -0.05) is 26.0 Å². The Morgan fingerprint density at radius 3 is 2.40 bits per heavy atom. The van der Waals surface area contributed by atoms with Crippen molar-refractivity contribution in [1.82, 2.24) is 5.32 Å². The molecule has 4 N–H and O–H groups in total. The molecule has 0 radical (unpaired) electrons. The van der Waals surface area contributed by atoms with Crippen LogP contribution in [0.15, 0.2) is 12.2 Å². The summed E-state index contributed by atoms with van der Waals surface area (Å²) in [5, 5.41) is 12.6. The Morgan fingerprint density at radius 2 is 1.95 bits per heavy atom. The van der Waals surface area contributed by atoms with Crippen LogP contribution in [0, 0.1) is 5.92 Å². The zero-order valence-electron chi connectivity index (χ0n) is 12.4. The summed E-state index contributed by atoms with van der Waals surface area (Å²) in [5.74, 6) is -0.995. The van der Waals surface area contributed by atoms with E-state index in [1.807, 2.05) is 31.7 Å². The van der Waals surface area contributed by atoms with Gasteiger partial charge in [0.2, 0.25) is 5.91 Å². The molecular weight excluding hydrogens is 276 g/mol. The second-order valence-electron chi connectivity index (χ2n) is 5.90. The van der Waals surface area contributed by atoms with E-state index in [0.29, 0.717) is 16.4 Å². The second-order valence-corrected chi connectivity index (χ2v) is 7.66. The van der Waals surface area contributed by atoms with Crippen molar-refractivity contribution < 1.29 is 14.7 Å². The molecule has 1 amide bonds. The van der Waals surface area contributed by atoms with Gasteiger partial charge < -0.3 is 16.2 Å². The Kier molecular flexibility index (Phi) is 5.65. The van der Waals surface area contributed by atoms with E-state index < -0.39 is 23.5 Å². The van der Waals surface area contributed by atoms with Crippen LogP contribution >= 0.6 is 11.8 Å². The summed E-state index contributed by atoms with van der Waals surface area (Å²) in [6.07, 6.45) is 3.74. The van der Waals surface area contributed by atoms with Gasteiger partial charge in [0.25, 0.3) is 0 Å². The molecule has 0 unspecified atom stereocenters. The normalized spacial score (nSPS) is 25.2. The van der Waals surface area contributed by atoms with Crippen molar-refractivity contribution in [3.8, 4) is 0 Å². The molecule has 1 heterocycles. The highest BCUT2D eigenvalue weighted by Gasteiger charge is 2.34. The average molecular weight is 300 g/mol. The van der Waals surface area contributed by atoms with Crippen molar-refractivity contribution in [2.45, 2.75) is 56.2 Å². The summed E-state index contributed by atoms with van der Waals surface area (Å²) in [4.78, 5) is 22.4. The summed E-state index contributed by atoms with van der Waals surface area (Å²) in [6.45, 7) is 8.12. The first-order valence-corrected chi connectivity index (χ1v) is 7.71. The number of carbonyl (C=O) groups excluding carboxylic acids is 1. The van der Waals surface area contributed by atoms with Gasteiger partial charge in [-0.25, -0.2) is 0 Å².